The Morgan fingerprint density at radius 1 is 1.17 bits per heavy atom. The number of hydrogen-bond acceptors (Lipinski definition) is 3. The molecule has 0 radical (unpaired) electrons. The smallest absolute Gasteiger partial charge is 0.252 e. The van der Waals surface area contributed by atoms with Crippen molar-refractivity contribution in [3.8, 4) is 0 Å². The van der Waals surface area contributed by atoms with E-state index < -0.39 is 0 Å². The molecule has 5 heteroatoms. The van der Waals surface area contributed by atoms with Crippen molar-refractivity contribution in [2.24, 2.45) is 0 Å². The number of nitrogens with zero attached hydrogens (tertiary/aromatic N) is 1. The van der Waals surface area contributed by atoms with Crippen LogP contribution in [0.1, 0.15) is 29.3 Å². The van der Waals surface area contributed by atoms with Crippen LogP contribution in [0.25, 0.3) is 0 Å². The highest BCUT2D eigenvalue weighted by atomic mass is 32.1. The molecule has 0 saturated carbocycles. The summed E-state index contributed by atoms with van der Waals surface area (Å²) in [5.74, 6) is -0.0413. The molecule has 0 fully saturated rings. The van der Waals surface area contributed by atoms with E-state index in [2.05, 4.69) is 17.4 Å². The first-order chi connectivity index (χ1) is 11.2. The van der Waals surface area contributed by atoms with E-state index in [4.69, 9.17) is 0 Å². The number of carbonyl (C=O) groups excluding carboxylic acids is 2. The van der Waals surface area contributed by atoms with Gasteiger partial charge in [0.25, 0.3) is 5.91 Å². The summed E-state index contributed by atoms with van der Waals surface area (Å²) in [6, 6.07) is 11.9. The van der Waals surface area contributed by atoms with Gasteiger partial charge in [0.15, 0.2) is 0 Å². The molecule has 1 aromatic heterocycles. The number of thiophene rings is 1. The quantitative estimate of drug-likeness (QED) is 0.809. The lowest BCUT2D eigenvalue weighted by atomic mass is 10.1. The first-order valence-corrected chi connectivity index (χ1v) is 8.77. The van der Waals surface area contributed by atoms with E-state index in [-0.39, 0.29) is 11.8 Å². The molecule has 0 saturated heterocycles. The van der Waals surface area contributed by atoms with Crippen molar-refractivity contribution in [2.45, 2.75) is 19.8 Å². The molecule has 4 nitrogen and oxygen atoms in total. The van der Waals surface area contributed by atoms with Gasteiger partial charge in [0.1, 0.15) is 0 Å². The van der Waals surface area contributed by atoms with Crippen molar-refractivity contribution in [2.75, 3.05) is 19.6 Å². The largest absolute Gasteiger partial charge is 0.351 e. The predicted molar refractivity (Wildman–Crippen MR) is 93.7 cm³/mol. The summed E-state index contributed by atoms with van der Waals surface area (Å²) in [5.41, 5.74) is 1.88. The Bertz CT molecular complexity index is 611. The lowest BCUT2D eigenvalue weighted by Gasteiger charge is -2.21. The first kappa shape index (κ1) is 17.2. The third-order valence-electron chi connectivity index (χ3n) is 3.66. The molecular formula is C18H22N2O2S. The van der Waals surface area contributed by atoms with Gasteiger partial charge >= 0.3 is 0 Å². The number of amides is 2. The van der Waals surface area contributed by atoms with Crippen molar-refractivity contribution >= 4 is 23.2 Å². The fourth-order valence-corrected chi connectivity index (χ4v) is 2.94. The zero-order chi connectivity index (χ0) is 16.5. The number of hydrogen-bond donors (Lipinski definition) is 1. The summed E-state index contributed by atoms with van der Waals surface area (Å²) in [6.07, 6.45) is 1.18. The molecule has 0 aliphatic rings. The van der Waals surface area contributed by atoms with Crippen LogP contribution in [0.2, 0.25) is 0 Å². The second kappa shape index (κ2) is 9.10. The molecule has 0 spiro atoms. The second-order valence-electron chi connectivity index (χ2n) is 5.23. The van der Waals surface area contributed by atoms with Crippen molar-refractivity contribution in [3.63, 3.8) is 0 Å². The van der Waals surface area contributed by atoms with Crippen LogP contribution in [0, 0.1) is 0 Å². The van der Waals surface area contributed by atoms with E-state index in [1.165, 1.54) is 16.9 Å². The van der Waals surface area contributed by atoms with Crippen LogP contribution in [0.15, 0.2) is 47.2 Å². The van der Waals surface area contributed by atoms with Crippen LogP contribution in [-0.4, -0.2) is 36.3 Å². The fraction of sp³-hybridized carbons (Fsp3) is 0.333. The van der Waals surface area contributed by atoms with Gasteiger partial charge in [-0.15, -0.1) is 0 Å². The molecule has 2 rings (SSSR count). The molecule has 2 amide bonds. The van der Waals surface area contributed by atoms with Crippen LogP contribution in [0.5, 0.6) is 0 Å². The molecule has 0 bridgehead atoms. The standard InChI is InChI=1S/C18H22N2O2S/c1-2-20(12-9-15-6-4-3-5-7-15)17(21)8-11-19-18(22)16-10-13-23-14-16/h3-7,10,13-14H,2,8-9,11-12H2,1H3,(H,19,22). The van der Waals surface area contributed by atoms with Crippen LogP contribution in [0.3, 0.4) is 0 Å². The Morgan fingerprint density at radius 3 is 2.61 bits per heavy atom. The van der Waals surface area contributed by atoms with Gasteiger partial charge in [0.05, 0.1) is 0 Å². The maximum Gasteiger partial charge on any atom is 0.252 e. The van der Waals surface area contributed by atoms with Crippen molar-refractivity contribution in [1.29, 1.82) is 0 Å². The van der Waals surface area contributed by atoms with Gasteiger partial charge in [-0.3, -0.25) is 9.59 Å². The summed E-state index contributed by atoms with van der Waals surface area (Å²) < 4.78 is 0. The Hall–Kier alpha value is -2.14. The normalized spacial score (nSPS) is 10.3. The molecule has 122 valence electrons. The lowest BCUT2D eigenvalue weighted by molar-refractivity contribution is -0.130. The van der Waals surface area contributed by atoms with Gasteiger partial charge in [-0.05, 0) is 30.4 Å². The van der Waals surface area contributed by atoms with Crippen LogP contribution >= 0.6 is 11.3 Å². The summed E-state index contributed by atoms with van der Waals surface area (Å²) in [5, 5.41) is 6.45. The van der Waals surface area contributed by atoms with Crippen molar-refractivity contribution < 1.29 is 9.59 Å². The van der Waals surface area contributed by atoms with E-state index in [0.29, 0.717) is 31.6 Å². The highest BCUT2D eigenvalue weighted by Crippen LogP contribution is 2.06. The van der Waals surface area contributed by atoms with Crippen LogP contribution < -0.4 is 5.32 Å². The Morgan fingerprint density at radius 2 is 1.96 bits per heavy atom. The number of rotatable bonds is 8. The van der Waals surface area contributed by atoms with Gasteiger partial charge in [-0.2, -0.15) is 11.3 Å². The number of nitrogens with one attached hydrogen (secondary N) is 1. The summed E-state index contributed by atoms with van der Waals surface area (Å²) in [6.45, 7) is 3.74. The molecule has 1 heterocycles. The minimum atomic E-state index is -0.119. The summed E-state index contributed by atoms with van der Waals surface area (Å²) >= 11 is 1.48. The molecule has 0 aliphatic carbocycles. The third-order valence-corrected chi connectivity index (χ3v) is 4.34. The Balaban J connectivity index is 1.73. The van der Waals surface area contributed by atoms with E-state index in [9.17, 15) is 9.59 Å². The summed E-state index contributed by atoms with van der Waals surface area (Å²) in [7, 11) is 0. The van der Waals surface area contributed by atoms with Crippen LogP contribution in [-0.2, 0) is 11.2 Å². The van der Waals surface area contributed by atoms with Crippen LogP contribution in [0.4, 0.5) is 0 Å². The topological polar surface area (TPSA) is 49.4 Å². The zero-order valence-corrected chi connectivity index (χ0v) is 14.1. The number of benzene rings is 1. The van der Waals surface area contributed by atoms with Gasteiger partial charge in [0.2, 0.25) is 5.91 Å². The Kier molecular flexibility index (Phi) is 6.81. The van der Waals surface area contributed by atoms with Gasteiger partial charge < -0.3 is 10.2 Å². The van der Waals surface area contributed by atoms with E-state index in [1.807, 2.05) is 35.4 Å². The molecular weight excluding hydrogens is 308 g/mol. The molecule has 0 atom stereocenters. The number of likely N-dealkylation sites (N-methyl/N-ethyl adjacent to an activating group) is 1. The Labute approximate surface area is 141 Å². The minimum absolute atomic E-state index is 0.0778. The van der Waals surface area contributed by atoms with Gasteiger partial charge in [-0.25, -0.2) is 0 Å². The fourth-order valence-electron chi connectivity index (χ4n) is 2.30. The second-order valence-corrected chi connectivity index (χ2v) is 6.01. The average Bonchev–Trinajstić information content (AvgIpc) is 3.11. The van der Waals surface area contributed by atoms with Crippen molar-refractivity contribution in [3.05, 3.63) is 58.3 Å². The number of carbonyl (C=O) groups is 2. The van der Waals surface area contributed by atoms with E-state index >= 15 is 0 Å². The maximum atomic E-state index is 12.2. The molecule has 23 heavy (non-hydrogen) atoms. The third kappa shape index (κ3) is 5.53. The maximum absolute atomic E-state index is 12.2. The minimum Gasteiger partial charge on any atom is -0.351 e. The molecule has 1 aromatic carbocycles. The highest BCUT2D eigenvalue weighted by molar-refractivity contribution is 7.08. The lowest BCUT2D eigenvalue weighted by Crippen LogP contribution is -2.35. The van der Waals surface area contributed by atoms with Crippen molar-refractivity contribution in [1.82, 2.24) is 10.2 Å². The van der Waals surface area contributed by atoms with E-state index in [1.54, 1.807) is 11.4 Å². The molecule has 2 aromatic rings. The van der Waals surface area contributed by atoms with Gasteiger partial charge in [0, 0.05) is 37.0 Å². The summed E-state index contributed by atoms with van der Waals surface area (Å²) in [4.78, 5) is 25.9. The zero-order valence-electron chi connectivity index (χ0n) is 13.3. The molecule has 0 aliphatic heterocycles. The monoisotopic (exact) mass is 330 g/mol. The first-order valence-electron chi connectivity index (χ1n) is 7.82. The molecule has 1 N–H and O–H groups in total. The SMILES string of the molecule is CCN(CCc1ccccc1)C(=O)CCNC(=O)c1ccsc1. The predicted octanol–water partition coefficient (Wildman–Crippen LogP) is 2.96. The van der Waals surface area contributed by atoms with E-state index in [0.717, 1.165) is 6.42 Å². The van der Waals surface area contributed by atoms with Gasteiger partial charge in [-0.1, -0.05) is 30.3 Å². The highest BCUT2D eigenvalue weighted by Gasteiger charge is 2.12. The molecule has 0 unspecified atom stereocenters. The average molecular weight is 330 g/mol.